The molecule has 0 spiro atoms. The van der Waals surface area contributed by atoms with Gasteiger partial charge < -0.3 is 9.72 Å². The van der Waals surface area contributed by atoms with Gasteiger partial charge in [0.2, 0.25) is 0 Å². The van der Waals surface area contributed by atoms with Crippen LogP contribution >= 0.6 is 0 Å². The summed E-state index contributed by atoms with van der Waals surface area (Å²) < 4.78 is 7.14. The molecule has 0 bridgehead atoms. The van der Waals surface area contributed by atoms with Crippen molar-refractivity contribution >= 4 is 11.2 Å². The van der Waals surface area contributed by atoms with Crippen LogP contribution in [0.25, 0.3) is 11.2 Å². The minimum absolute atomic E-state index is 0.0247. The molecular weight excluding hydrogens is 260 g/mol. The summed E-state index contributed by atoms with van der Waals surface area (Å²) in [7, 11) is 1.59. The number of aryl methyl sites for hydroxylation is 1. The molecule has 1 fully saturated rings. The first kappa shape index (κ1) is 13.1. The lowest BCUT2D eigenvalue weighted by Gasteiger charge is -2.15. The van der Waals surface area contributed by atoms with Crippen molar-refractivity contribution in [3.05, 3.63) is 26.7 Å². The second-order valence-corrected chi connectivity index (χ2v) is 5.57. The van der Waals surface area contributed by atoms with Gasteiger partial charge in [0.1, 0.15) is 11.3 Å². The minimum Gasteiger partial charge on any atom is -0.374 e. The van der Waals surface area contributed by atoms with Gasteiger partial charge in [-0.2, -0.15) is 0 Å². The summed E-state index contributed by atoms with van der Waals surface area (Å²) in [4.78, 5) is 33.2. The summed E-state index contributed by atoms with van der Waals surface area (Å²) in [6.07, 6.45) is 0.169. The number of hydrogen-bond donors (Lipinski definition) is 2. The van der Waals surface area contributed by atoms with Gasteiger partial charge in [0, 0.05) is 13.0 Å². The molecule has 2 aromatic heterocycles. The molecule has 7 heteroatoms. The van der Waals surface area contributed by atoms with E-state index in [4.69, 9.17) is 4.74 Å². The fraction of sp³-hybridized carbons (Fsp3) is 0.615. The highest BCUT2D eigenvalue weighted by Gasteiger charge is 2.40. The molecule has 2 N–H and O–H groups in total. The summed E-state index contributed by atoms with van der Waals surface area (Å²) in [5, 5.41) is 0. The highest BCUT2D eigenvalue weighted by Crippen LogP contribution is 2.38. The molecule has 7 nitrogen and oxygen atoms in total. The molecule has 0 radical (unpaired) electrons. The number of nitrogens with one attached hydrogen (secondary N) is 2. The molecule has 2 aromatic rings. The SMILES string of the molecule is CC1OC(C)C(c2nc3c([nH]2)c(=O)[nH]c(=O)n3C)C1C. The normalized spacial score (nSPS) is 30.2. The van der Waals surface area contributed by atoms with E-state index in [0.717, 1.165) is 0 Å². The summed E-state index contributed by atoms with van der Waals surface area (Å²) in [6, 6.07) is 0. The van der Waals surface area contributed by atoms with Crippen molar-refractivity contribution in [3.8, 4) is 0 Å². The molecule has 0 aliphatic carbocycles. The van der Waals surface area contributed by atoms with E-state index < -0.39 is 11.2 Å². The standard InChI is InChI=1S/C13H18N4O3/c1-5-6(2)20-7(3)8(5)10-14-9-11(15-10)17(4)13(19)16-12(9)18/h5-8H,1-4H3,(H,14,15)(H,16,18,19). The third-order valence-electron chi connectivity index (χ3n) is 4.33. The van der Waals surface area contributed by atoms with Crippen LogP contribution in [0.3, 0.4) is 0 Å². The van der Waals surface area contributed by atoms with Crippen LogP contribution in [-0.2, 0) is 11.8 Å². The summed E-state index contributed by atoms with van der Waals surface area (Å²) in [5.41, 5.74) is -0.180. The summed E-state index contributed by atoms with van der Waals surface area (Å²) in [6.45, 7) is 6.14. The number of nitrogens with zero attached hydrogens (tertiary/aromatic N) is 2. The minimum atomic E-state index is -0.460. The van der Waals surface area contributed by atoms with E-state index in [-0.39, 0.29) is 18.1 Å². The van der Waals surface area contributed by atoms with Crippen LogP contribution in [0.1, 0.15) is 32.5 Å². The Morgan fingerprint density at radius 1 is 1.15 bits per heavy atom. The van der Waals surface area contributed by atoms with Crippen molar-refractivity contribution in [2.75, 3.05) is 0 Å². The van der Waals surface area contributed by atoms with Crippen LogP contribution in [0.15, 0.2) is 9.59 Å². The second-order valence-electron chi connectivity index (χ2n) is 5.57. The van der Waals surface area contributed by atoms with Gasteiger partial charge in [0.15, 0.2) is 5.65 Å². The van der Waals surface area contributed by atoms with Crippen molar-refractivity contribution in [3.63, 3.8) is 0 Å². The zero-order valence-electron chi connectivity index (χ0n) is 11.9. The Labute approximate surface area is 115 Å². The highest BCUT2D eigenvalue weighted by atomic mass is 16.5. The number of H-pyrrole nitrogens is 2. The first-order valence-electron chi connectivity index (χ1n) is 6.74. The van der Waals surface area contributed by atoms with Gasteiger partial charge in [-0.25, -0.2) is 9.78 Å². The molecule has 0 amide bonds. The fourth-order valence-electron chi connectivity index (χ4n) is 3.02. The van der Waals surface area contributed by atoms with Crippen LogP contribution in [0, 0.1) is 5.92 Å². The average Bonchev–Trinajstić information content (AvgIpc) is 2.90. The van der Waals surface area contributed by atoms with Crippen molar-refractivity contribution < 1.29 is 4.74 Å². The second kappa shape index (κ2) is 4.31. The van der Waals surface area contributed by atoms with E-state index in [2.05, 4.69) is 21.9 Å². The van der Waals surface area contributed by atoms with Gasteiger partial charge in [0.25, 0.3) is 5.56 Å². The summed E-state index contributed by atoms with van der Waals surface area (Å²) in [5.74, 6) is 1.09. The van der Waals surface area contributed by atoms with E-state index in [0.29, 0.717) is 22.9 Å². The van der Waals surface area contributed by atoms with Crippen LogP contribution in [0.5, 0.6) is 0 Å². The lowest BCUT2D eigenvalue weighted by Crippen LogP contribution is -2.28. The van der Waals surface area contributed by atoms with Crippen LogP contribution < -0.4 is 11.2 Å². The summed E-state index contributed by atoms with van der Waals surface area (Å²) >= 11 is 0. The Balaban J connectivity index is 2.20. The first-order chi connectivity index (χ1) is 9.40. The first-order valence-corrected chi connectivity index (χ1v) is 6.74. The molecule has 1 aliphatic heterocycles. The van der Waals surface area contributed by atoms with Crippen LogP contribution in [-0.4, -0.2) is 31.7 Å². The Bertz CT molecular complexity index is 772. The molecular formula is C13H18N4O3. The van der Waals surface area contributed by atoms with Crippen molar-refractivity contribution in [2.45, 2.75) is 38.9 Å². The number of ether oxygens (including phenoxy) is 1. The Morgan fingerprint density at radius 3 is 2.45 bits per heavy atom. The van der Waals surface area contributed by atoms with Crippen LogP contribution in [0.2, 0.25) is 0 Å². The maximum absolute atomic E-state index is 11.8. The van der Waals surface area contributed by atoms with Crippen LogP contribution in [0.4, 0.5) is 0 Å². The third kappa shape index (κ3) is 1.73. The number of imidazole rings is 1. The Morgan fingerprint density at radius 2 is 1.85 bits per heavy atom. The quantitative estimate of drug-likeness (QED) is 0.793. The van der Waals surface area contributed by atoms with E-state index in [9.17, 15) is 9.59 Å². The van der Waals surface area contributed by atoms with E-state index >= 15 is 0 Å². The van der Waals surface area contributed by atoms with Crippen molar-refractivity contribution in [2.24, 2.45) is 13.0 Å². The van der Waals surface area contributed by atoms with E-state index in [1.165, 1.54) is 4.57 Å². The monoisotopic (exact) mass is 278 g/mol. The molecule has 108 valence electrons. The average molecular weight is 278 g/mol. The Hall–Kier alpha value is -1.89. The van der Waals surface area contributed by atoms with Gasteiger partial charge in [0.05, 0.1) is 12.2 Å². The highest BCUT2D eigenvalue weighted by molar-refractivity contribution is 5.69. The molecule has 1 saturated heterocycles. The largest absolute Gasteiger partial charge is 0.374 e. The molecule has 3 rings (SSSR count). The lowest BCUT2D eigenvalue weighted by atomic mass is 9.89. The van der Waals surface area contributed by atoms with E-state index in [1.807, 2.05) is 13.8 Å². The number of aromatic amines is 2. The number of fused-ring (bicyclic) bond motifs is 1. The van der Waals surface area contributed by atoms with Crippen molar-refractivity contribution in [1.29, 1.82) is 0 Å². The number of aromatic nitrogens is 4. The number of rotatable bonds is 1. The van der Waals surface area contributed by atoms with Gasteiger partial charge in [-0.15, -0.1) is 0 Å². The molecule has 3 heterocycles. The molecule has 0 aromatic carbocycles. The fourth-order valence-corrected chi connectivity index (χ4v) is 3.02. The van der Waals surface area contributed by atoms with Crippen molar-refractivity contribution in [1.82, 2.24) is 19.5 Å². The molecule has 4 atom stereocenters. The maximum Gasteiger partial charge on any atom is 0.329 e. The molecule has 4 unspecified atom stereocenters. The number of hydrogen-bond acceptors (Lipinski definition) is 4. The van der Waals surface area contributed by atoms with E-state index in [1.54, 1.807) is 7.05 Å². The molecule has 1 aliphatic rings. The predicted molar refractivity (Wildman–Crippen MR) is 73.9 cm³/mol. The lowest BCUT2D eigenvalue weighted by molar-refractivity contribution is 0.0554. The zero-order chi connectivity index (χ0) is 14.6. The molecule has 20 heavy (non-hydrogen) atoms. The maximum atomic E-state index is 11.8. The molecule has 0 saturated carbocycles. The zero-order valence-corrected chi connectivity index (χ0v) is 11.9. The van der Waals surface area contributed by atoms with Gasteiger partial charge in [-0.05, 0) is 19.8 Å². The topological polar surface area (TPSA) is 92.8 Å². The van der Waals surface area contributed by atoms with Gasteiger partial charge in [-0.3, -0.25) is 14.3 Å². The van der Waals surface area contributed by atoms with Gasteiger partial charge >= 0.3 is 5.69 Å². The Kier molecular flexibility index (Phi) is 2.82. The predicted octanol–water partition coefficient (Wildman–Crippen LogP) is 0.477. The smallest absolute Gasteiger partial charge is 0.329 e. The van der Waals surface area contributed by atoms with Gasteiger partial charge in [-0.1, -0.05) is 6.92 Å². The third-order valence-corrected chi connectivity index (χ3v) is 4.33.